The van der Waals surface area contributed by atoms with Crippen LogP contribution >= 0.6 is 0 Å². The summed E-state index contributed by atoms with van der Waals surface area (Å²) in [5.74, 6) is 0. The van der Waals surface area contributed by atoms with Gasteiger partial charge >= 0.3 is 0 Å². The highest BCUT2D eigenvalue weighted by Crippen LogP contribution is 2.10. The number of nitrogens with zero attached hydrogens (tertiary/aromatic N) is 8. The summed E-state index contributed by atoms with van der Waals surface area (Å²) in [7, 11) is 0. The van der Waals surface area contributed by atoms with Crippen molar-refractivity contribution >= 4 is 22.2 Å². The molecule has 0 aliphatic rings. The molecule has 0 aromatic carbocycles. The third-order valence-electron chi connectivity index (χ3n) is 1.85. The Morgan fingerprint density at radius 3 is 2.93 bits per heavy atom. The Labute approximate surface area is 81.4 Å². The zero-order valence-electron chi connectivity index (χ0n) is 7.14. The molecule has 0 bridgehead atoms. The van der Waals surface area contributed by atoms with Crippen LogP contribution in [0.15, 0.2) is 12.3 Å². The predicted molar refractivity (Wildman–Crippen MR) is 45.0 cm³/mol. The van der Waals surface area contributed by atoms with Crippen LogP contribution in [0.4, 0.5) is 0 Å². The van der Waals surface area contributed by atoms with Crippen molar-refractivity contribution < 1.29 is 4.85 Å². The Balaban J connectivity index is 2.53. The normalized spacial score (nSPS) is 10.9. The van der Waals surface area contributed by atoms with Gasteiger partial charge in [-0.15, -0.1) is 15.0 Å². The fraction of sp³-hybridized carbons (Fsp3) is 0. The van der Waals surface area contributed by atoms with E-state index in [1.54, 1.807) is 0 Å². The molecule has 72 valence electrons. The van der Waals surface area contributed by atoms with Gasteiger partial charge in [-0.1, -0.05) is 0 Å². The Hall–Kier alpha value is -2.58. The van der Waals surface area contributed by atoms with Crippen LogP contribution in [0, 0.1) is 5.21 Å². The van der Waals surface area contributed by atoms with E-state index >= 15 is 0 Å². The lowest BCUT2D eigenvalue weighted by atomic mass is 10.3. The van der Waals surface area contributed by atoms with Crippen LogP contribution in [0.25, 0.3) is 22.2 Å². The first-order chi connectivity index (χ1) is 7.34. The smallest absolute Gasteiger partial charge is 0.254 e. The van der Waals surface area contributed by atoms with E-state index < -0.39 is 0 Å². The minimum Gasteiger partial charge on any atom is -0.691 e. The van der Waals surface area contributed by atoms with Crippen molar-refractivity contribution in [1.82, 2.24) is 35.9 Å². The van der Waals surface area contributed by atoms with Crippen molar-refractivity contribution in [2.75, 3.05) is 0 Å². The summed E-state index contributed by atoms with van der Waals surface area (Å²) in [6.07, 6.45) is 1.45. The number of pyridine rings is 1. The maximum absolute atomic E-state index is 11.2. The third-order valence-corrected chi connectivity index (χ3v) is 1.85. The highest BCUT2D eigenvalue weighted by Gasteiger charge is 2.09. The van der Waals surface area contributed by atoms with Crippen molar-refractivity contribution in [1.29, 1.82) is 0 Å². The van der Waals surface area contributed by atoms with Crippen LogP contribution < -0.4 is 4.85 Å². The van der Waals surface area contributed by atoms with Gasteiger partial charge in [0.2, 0.25) is 10.7 Å². The zero-order chi connectivity index (χ0) is 10.3. The summed E-state index contributed by atoms with van der Waals surface area (Å²) in [4.78, 5) is 4.33. The van der Waals surface area contributed by atoms with Gasteiger partial charge in [-0.2, -0.15) is 4.98 Å². The summed E-state index contributed by atoms with van der Waals surface area (Å²) in [6.45, 7) is 0. The molecule has 3 aromatic rings. The number of aromatic nitrogens is 8. The predicted octanol–water partition coefficient (Wildman–Crippen LogP) is -1.61. The van der Waals surface area contributed by atoms with Crippen LogP contribution in [0.1, 0.15) is 0 Å². The summed E-state index contributed by atoms with van der Waals surface area (Å²) >= 11 is 0. The summed E-state index contributed by atoms with van der Waals surface area (Å²) in [5.41, 5.74) is 0.748. The highest BCUT2D eigenvalue weighted by atomic mass is 16.5. The van der Waals surface area contributed by atoms with Gasteiger partial charge in [0.05, 0.1) is 6.20 Å². The van der Waals surface area contributed by atoms with E-state index in [2.05, 4.69) is 35.9 Å². The van der Waals surface area contributed by atoms with E-state index in [9.17, 15) is 5.21 Å². The maximum Gasteiger partial charge on any atom is 0.254 e. The van der Waals surface area contributed by atoms with E-state index in [1.807, 2.05) is 0 Å². The van der Waals surface area contributed by atoms with Gasteiger partial charge in [-0.25, -0.2) is 0 Å². The van der Waals surface area contributed by atoms with Gasteiger partial charge in [0.1, 0.15) is 0 Å². The summed E-state index contributed by atoms with van der Waals surface area (Å²) in [6, 6.07) is 1.54. The average molecular weight is 202 g/mol. The standard InChI is InChI=1S/C6H2N8O/c15-14-4-1-3-2-7-11-9-5(3)8-6(4)10-12-13-14/h1-2H. The number of fused-ring (bicyclic) bond motifs is 2. The number of rotatable bonds is 0. The first-order valence-corrected chi connectivity index (χ1v) is 3.92. The van der Waals surface area contributed by atoms with Crippen LogP contribution in [0.3, 0.4) is 0 Å². The minimum atomic E-state index is 0.174. The molecule has 3 aromatic heterocycles. The second kappa shape index (κ2) is 2.70. The monoisotopic (exact) mass is 202 g/mol. The van der Waals surface area contributed by atoms with E-state index in [0.717, 1.165) is 0 Å². The van der Waals surface area contributed by atoms with Crippen LogP contribution in [0.2, 0.25) is 0 Å². The zero-order valence-corrected chi connectivity index (χ0v) is 7.14. The lowest BCUT2D eigenvalue weighted by Gasteiger charge is -1.99. The third kappa shape index (κ3) is 1.10. The fourth-order valence-electron chi connectivity index (χ4n) is 1.19. The molecule has 0 aliphatic heterocycles. The molecule has 3 rings (SSSR count). The van der Waals surface area contributed by atoms with Gasteiger partial charge < -0.3 is 5.21 Å². The number of hydrogen-bond acceptors (Lipinski definition) is 8. The lowest BCUT2D eigenvalue weighted by molar-refractivity contribution is -0.649. The molecule has 0 aliphatic carbocycles. The molecule has 3 heterocycles. The Morgan fingerprint density at radius 1 is 1.13 bits per heavy atom. The molecule has 0 spiro atoms. The van der Waals surface area contributed by atoms with E-state index in [1.165, 1.54) is 12.3 Å². The SMILES string of the molecule is [O-][n+]1nnnc2nc3nnncc3cc21. The summed E-state index contributed by atoms with van der Waals surface area (Å²) < 4.78 is 0. The molecule has 0 radical (unpaired) electrons. The Morgan fingerprint density at radius 2 is 2.00 bits per heavy atom. The van der Waals surface area contributed by atoms with Crippen molar-refractivity contribution in [3.05, 3.63) is 17.5 Å². The van der Waals surface area contributed by atoms with Crippen molar-refractivity contribution in [2.24, 2.45) is 0 Å². The molecule has 0 saturated carbocycles. The van der Waals surface area contributed by atoms with Crippen LogP contribution in [-0.2, 0) is 0 Å². The molecule has 9 heteroatoms. The lowest BCUT2D eigenvalue weighted by Crippen LogP contribution is -2.33. The second-order valence-corrected chi connectivity index (χ2v) is 2.73. The van der Waals surface area contributed by atoms with Gasteiger partial charge in [-0.05, 0) is 5.21 Å². The molecular weight excluding hydrogens is 200 g/mol. The fourth-order valence-corrected chi connectivity index (χ4v) is 1.19. The molecular formula is C6H2N8O. The van der Waals surface area contributed by atoms with E-state index in [4.69, 9.17) is 0 Å². The maximum atomic E-state index is 11.2. The first-order valence-electron chi connectivity index (χ1n) is 3.92. The summed E-state index contributed by atoms with van der Waals surface area (Å²) in [5, 5.41) is 32.6. The average Bonchev–Trinajstić information content (AvgIpc) is 2.27. The molecule has 0 N–H and O–H groups in total. The van der Waals surface area contributed by atoms with Gasteiger partial charge in [0.15, 0.2) is 10.9 Å². The minimum absolute atomic E-state index is 0.174. The van der Waals surface area contributed by atoms with Crippen LogP contribution in [0.5, 0.6) is 0 Å². The van der Waals surface area contributed by atoms with Crippen LogP contribution in [-0.4, -0.2) is 35.9 Å². The topological polar surface area (TPSA) is 117 Å². The number of hydrogen-bond donors (Lipinski definition) is 0. The highest BCUT2D eigenvalue weighted by molar-refractivity contribution is 5.84. The van der Waals surface area contributed by atoms with E-state index in [0.29, 0.717) is 15.9 Å². The van der Waals surface area contributed by atoms with Gasteiger partial charge in [0, 0.05) is 16.6 Å². The van der Waals surface area contributed by atoms with Crippen molar-refractivity contribution in [3.63, 3.8) is 0 Å². The van der Waals surface area contributed by atoms with Gasteiger partial charge in [0.25, 0.3) is 5.65 Å². The van der Waals surface area contributed by atoms with Gasteiger partial charge in [-0.3, -0.25) is 0 Å². The van der Waals surface area contributed by atoms with Crippen molar-refractivity contribution in [3.8, 4) is 0 Å². The largest absolute Gasteiger partial charge is 0.691 e. The Kier molecular flexibility index (Phi) is 1.40. The first kappa shape index (κ1) is 7.79. The molecule has 0 atom stereocenters. The molecule has 0 amide bonds. The quantitative estimate of drug-likeness (QED) is 0.243. The molecule has 0 unspecified atom stereocenters. The van der Waals surface area contributed by atoms with E-state index in [-0.39, 0.29) is 11.2 Å². The Bertz CT molecular complexity index is 655. The van der Waals surface area contributed by atoms with Crippen molar-refractivity contribution in [2.45, 2.75) is 0 Å². The second-order valence-electron chi connectivity index (χ2n) is 2.73. The molecule has 9 nitrogen and oxygen atoms in total. The molecule has 0 saturated heterocycles. The molecule has 15 heavy (non-hydrogen) atoms. The molecule has 0 fully saturated rings.